The smallest absolute Gasteiger partial charge is 0.231 e. The van der Waals surface area contributed by atoms with E-state index in [0.29, 0.717) is 4.77 Å². The van der Waals surface area contributed by atoms with Crippen molar-refractivity contribution in [2.24, 2.45) is 0 Å². The van der Waals surface area contributed by atoms with Gasteiger partial charge in [-0.05, 0) is 31.3 Å². The number of nitrogens with one attached hydrogen (secondary N) is 1. The summed E-state index contributed by atoms with van der Waals surface area (Å²) < 4.78 is 13.2. The van der Waals surface area contributed by atoms with Crippen LogP contribution < -0.4 is 9.47 Å². The minimum atomic E-state index is 0.288. The van der Waals surface area contributed by atoms with Crippen LogP contribution in [0.2, 0.25) is 0 Å². The zero-order chi connectivity index (χ0) is 11.1. The third-order valence-corrected chi connectivity index (χ3v) is 2.88. The Balaban J connectivity index is 2.18. The highest BCUT2D eigenvalue weighted by Gasteiger charge is 2.14. The van der Waals surface area contributed by atoms with Gasteiger partial charge in [0.25, 0.3) is 0 Å². The van der Waals surface area contributed by atoms with Crippen LogP contribution in [0, 0.1) is 11.7 Å². The van der Waals surface area contributed by atoms with Gasteiger partial charge in [-0.15, -0.1) is 0 Å². The second-order valence-electron chi connectivity index (χ2n) is 3.61. The van der Waals surface area contributed by atoms with E-state index in [1.807, 2.05) is 35.9 Å². The highest BCUT2D eigenvalue weighted by molar-refractivity contribution is 7.71. The Bertz CT molecular complexity index is 600. The molecular formula is C11H10N2O2S. The molecule has 4 nitrogen and oxygen atoms in total. The van der Waals surface area contributed by atoms with E-state index in [1.54, 1.807) is 0 Å². The van der Waals surface area contributed by atoms with Crippen molar-refractivity contribution in [3.63, 3.8) is 0 Å². The molecule has 0 radical (unpaired) electrons. The number of aromatic amines is 1. The molecule has 0 saturated heterocycles. The summed E-state index contributed by atoms with van der Waals surface area (Å²) in [6.07, 6.45) is 1.88. The summed E-state index contributed by atoms with van der Waals surface area (Å²) in [4.78, 5) is 3.01. The third kappa shape index (κ3) is 1.32. The first-order valence-corrected chi connectivity index (χ1v) is 5.33. The first kappa shape index (κ1) is 9.47. The van der Waals surface area contributed by atoms with Crippen LogP contribution in [0.15, 0.2) is 24.4 Å². The van der Waals surface area contributed by atoms with E-state index >= 15 is 0 Å². The highest BCUT2D eigenvalue weighted by atomic mass is 32.1. The molecule has 0 atom stereocenters. The van der Waals surface area contributed by atoms with Crippen molar-refractivity contribution in [1.82, 2.24) is 9.55 Å². The summed E-state index contributed by atoms with van der Waals surface area (Å²) in [5, 5.41) is 0. The average molecular weight is 234 g/mol. The zero-order valence-electron chi connectivity index (χ0n) is 8.69. The summed E-state index contributed by atoms with van der Waals surface area (Å²) in [6, 6.07) is 5.79. The van der Waals surface area contributed by atoms with Gasteiger partial charge < -0.3 is 14.5 Å². The number of benzene rings is 1. The second kappa shape index (κ2) is 3.38. The monoisotopic (exact) mass is 234 g/mol. The molecule has 1 aliphatic heterocycles. The van der Waals surface area contributed by atoms with E-state index in [-0.39, 0.29) is 6.79 Å². The minimum Gasteiger partial charge on any atom is -0.454 e. The molecule has 0 amide bonds. The lowest BCUT2D eigenvalue weighted by atomic mass is 10.2. The van der Waals surface area contributed by atoms with Gasteiger partial charge in [0.1, 0.15) is 0 Å². The largest absolute Gasteiger partial charge is 0.454 e. The lowest BCUT2D eigenvalue weighted by Crippen LogP contribution is -1.96. The number of rotatable bonds is 1. The maximum Gasteiger partial charge on any atom is 0.231 e. The average Bonchev–Trinajstić information content (AvgIpc) is 2.85. The third-order valence-electron chi connectivity index (χ3n) is 2.57. The predicted octanol–water partition coefficient (Wildman–Crippen LogP) is 2.57. The molecule has 1 aliphatic rings. The van der Waals surface area contributed by atoms with E-state index in [0.717, 1.165) is 22.9 Å². The molecule has 0 fully saturated rings. The van der Waals surface area contributed by atoms with Gasteiger partial charge in [0, 0.05) is 18.0 Å². The minimum absolute atomic E-state index is 0.288. The molecule has 5 heteroatoms. The molecule has 82 valence electrons. The van der Waals surface area contributed by atoms with Crippen molar-refractivity contribution >= 4 is 12.2 Å². The molecule has 0 unspecified atom stereocenters. The zero-order valence-corrected chi connectivity index (χ0v) is 9.50. The maximum absolute atomic E-state index is 5.34. The predicted molar refractivity (Wildman–Crippen MR) is 61.8 cm³/mol. The van der Waals surface area contributed by atoms with Crippen LogP contribution in [0.5, 0.6) is 11.5 Å². The number of aryl methyl sites for hydroxylation is 1. The van der Waals surface area contributed by atoms with Crippen molar-refractivity contribution in [1.29, 1.82) is 0 Å². The van der Waals surface area contributed by atoms with Gasteiger partial charge in [0.15, 0.2) is 16.3 Å². The van der Waals surface area contributed by atoms with Gasteiger partial charge in [0.2, 0.25) is 6.79 Å². The summed E-state index contributed by atoms with van der Waals surface area (Å²) >= 11 is 5.22. The van der Waals surface area contributed by atoms with Crippen molar-refractivity contribution in [3.8, 4) is 17.2 Å². The molecule has 2 aromatic rings. The lowest BCUT2D eigenvalue weighted by Gasteiger charge is -2.06. The van der Waals surface area contributed by atoms with Gasteiger partial charge in [-0.25, -0.2) is 0 Å². The van der Waals surface area contributed by atoms with Crippen LogP contribution in [0.3, 0.4) is 0 Å². The quantitative estimate of drug-likeness (QED) is 0.771. The Morgan fingerprint density at radius 1 is 1.31 bits per heavy atom. The number of aromatic nitrogens is 2. The SMILES string of the molecule is Cc1c[nH]c(=S)n1-c1ccc2c(c1)OCO2. The molecule has 3 rings (SSSR count). The summed E-state index contributed by atoms with van der Waals surface area (Å²) in [6.45, 7) is 2.28. The van der Waals surface area contributed by atoms with Crippen molar-refractivity contribution in [2.45, 2.75) is 6.92 Å². The number of H-pyrrole nitrogens is 1. The van der Waals surface area contributed by atoms with Gasteiger partial charge >= 0.3 is 0 Å². The first-order valence-electron chi connectivity index (χ1n) is 4.93. The molecule has 1 aromatic carbocycles. The summed E-state index contributed by atoms with van der Waals surface area (Å²) in [7, 11) is 0. The fourth-order valence-electron chi connectivity index (χ4n) is 1.80. The van der Waals surface area contributed by atoms with Gasteiger partial charge in [0.05, 0.1) is 5.69 Å². The number of hydrogen-bond donors (Lipinski definition) is 1. The molecule has 0 bridgehead atoms. The van der Waals surface area contributed by atoms with Crippen LogP contribution in [0.4, 0.5) is 0 Å². The summed E-state index contributed by atoms with van der Waals surface area (Å²) in [5.41, 5.74) is 2.04. The lowest BCUT2D eigenvalue weighted by molar-refractivity contribution is 0.174. The van der Waals surface area contributed by atoms with Crippen LogP contribution in [0.1, 0.15) is 5.69 Å². The molecule has 0 saturated carbocycles. The van der Waals surface area contributed by atoms with Crippen molar-refractivity contribution in [3.05, 3.63) is 34.9 Å². The van der Waals surface area contributed by atoms with E-state index in [9.17, 15) is 0 Å². The van der Waals surface area contributed by atoms with Gasteiger partial charge in [-0.2, -0.15) is 0 Å². The van der Waals surface area contributed by atoms with Crippen LogP contribution in [0.25, 0.3) is 5.69 Å². The van der Waals surface area contributed by atoms with Crippen LogP contribution in [-0.4, -0.2) is 16.3 Å². The number of hydrogen-bond acceptors (Lipinski definition) is 3. The van der Waals surface area contributed by atoms with E-state index in [1.165, 1.54) is 0 Å². The number of nitrogens with zero attached hydrogens (tertiary/aromatic N) is 1. The van der Waals surface area contributed by atoms with Gasteiger partial charge in [-0.3, -0.25) is 4.57 Å². The Kier molecular flexibility index (Phi) is 2.00. The fourth-order valence-corrected chi connectivity index (χ4v) is 2.11. The maximum atomic E-state index is 5.34. The molecular weight excluding hydrogens is 224 g/mol. The van der Waals surface area contributed by atoms with Crippen LogP contribution in [-0.2, 0) is 0 Å². The number of fused-ring (bicyclic) bond motifs is 1. The van der Waals surface area contributed by atoms with E-state index in [4.69, 9.17) is 21.7 Å². The Morgan fingerprint density at radius 3 is 2.88 bits per heavy atom. The first-order chi connectivity index (χ1) is 7.75. The normalized spacial score (nSPS) is 13.1. The van der Waals surface area contributed by atoms with Gasteiger partial charge in [-0.1, -0.05) is 0 Å². The molecule has 2 heterocycles. The Hall–Kier alpha value is -1.75. The van der Waals surface area contributed by atoms with Crippen molar-refractivity contribution in [2.75, 3.05) is 6.79 Å². The summed E-state index contributed by atoms with van der Waals surface area (Å²) in [5.74, 6) is 1.54. The highest BCUT2D eigenvalue weighted by Crippen LogP contribution is 2.33. The Morgan fingerprint density at radius 2 is 2.12 bits per heavy atom. The molecule has 1 N–H and O–H groups in total. The molecule has 1 aromatic heterocycles. The number of imidazole rings is 1. The molecule has 0 aliphatic carbocycles. The van der Waals surface area contributed by atoms with Crippen LogP contribution >= 0.6 is 12.2 Å². The number of ether oxygens (including phenoxy) is 2. The topological polar surface area (TPSA) is 39.2 Å². The molecule has 16 heavy (non-hydrogen) atoms. The fraction of sp³-hybridized carbons (Fsp3) is 0.182. The Labute approximate surface area is 97.4 Å². The second-order valence-corrected chi connectivity index (χ2v) is 3.99. The van der Waals surface area contributed by atoms with Crippen molar-refractivity contribution < 1.29 is 9.47 Å². The van der Waals surface area contributed by atoms with E-state index in [2.05, 4.69) is 4.98 Å². The standard InChI is InChI=1S/C11H10N2O2S/c1-7-5-12-11(16)13(7)8-2-3-9-10(4-8)15-6-14-9/h2-5H,6H2,1H3,(H,12,16). The molecule has 0 spiro atoms. The van der Waals surface area contributed by atoms with E-state index < -0.39 is 0 Å².